The maximum atomic E-state index is 11.1. The summed E-state index contributed by atoms with van der Waals surface area (Å²) in [6, 6.07) is 10.1. The third-order valence-corrected chi connectivity index (χ3v) is 3.50. The summed E-state index contributed by atoms with van der Waals surface area (Å²) in [6.07, 6.45) is 4.57. The van der Waals surface area contributed by atoms with Crippen LogP contribution in [0.25, 0.3) is 0 Å². The van der Waals surface area contributed by atoms with Gasteiger partial charge in [0.1, 0.15) is 4.90 Å². The normalized spacial score (nSPS) is 11.6. The van der Waals surface area contributed by atoms with E-state index in [4.69, 9.17) is 5.14 Å². The molecule has 5 nitrogen and oxygen atoms in total. The first-order valence-electron chi connectivity index (χ1n) is 5.65. The third-order valence-electron chi connectivity index (χ3n) is 2.63. The van der Waals surface area contributed by atoms with Gasteiger partial charge >= 0.3 is 0 Å². The average molecular weight is 265 g/mol. The van der Waals surface area contributed by atoms with Crippen LogP contribution < -0.4 is 5.14 Å². The number of hydrogen-bond donors (Lipinski definition) is 1. The molecule has 1 heterocycles. The van der Waals surface area contributed by atoms with Crippen LogP contribution in [0.15, 0.2) is 47.6 Å². The van der Waals surface area contributed by atoms with Gasteiger partial charge in [-0.05, 0) is 18.4 Å². The molecule has 0 fully saturated rings. The van der Waals surface area contributed by atoms with Gasteiger partial charge in [-0.25, -0.2) is 13.6 Å². The highest BCUT2D eigenvalue weighted by Gasteiger charge is 2.09. The van der Waals surface area contributed by atoms with Crippen molar-refractivity contribution in [3.05, 3.63) is 48.3 Å². The molecule has 0 aliphatic carbocycles. The molecule has 6 heteroatoms. The maximum Gasteiger partial charge on any atom is 0.241 e. The molecule has 0 spiro atoms. The number of nitrogens with two attached hydrogens (primary N) is 1. The minimum absolute atomic E-state index is 0.0576. The van der Waals surface area contributed by atoms with Crippen LogP contribution in [0.4, 0.5) is 0 Å². The lowest BCUT2D eigenvalue weighted by atomic mass is 10.1. The molecule has 18 heavy (non-hydrogen) atoms. The Kier molecular flexibility index (Phi) is 3.78. The number of primary sulfonamides is 1. The van der Waals surface area contributed by atoms with Gasteiger partial charge in [0.05, 0.1) is 6.20 Å². The molecule has 2 aromatic rings. The average Bonchev–Trinajstić information content (AvgIpc) is 2.79. The van der Waals surface area contributed by atoms with Crippen molar-refractivity contribution in [2.45, 2.75) is 24.3 Å². The standard InChI is InChI=1S/C12H15N3O2S/c13-18(16,17)12-9-14-15(10-12)8-4-7-11-5-2-1-3-6-11/h1-3,5-6,9-10H,4,7-8H2,(H2,13,16,17). The first-order valence-corrected chi connectivity index (χ1v) is 7.19. The zero-order valence-electron chi connectivity index (χ0n) is 9.86. The van der Waals surface area contributed by atoms with Crippen LogP contribution in [-0.2, 0) is 23.0 Å². The second-order valence-electron chi connectivity index (χ2n) is 4.07. The van der Waals surface area contributed by atoms with Gasteiger partial charge in [-0.15, -0.1) is 0 Å². The Morgan fingerprint density at radius 3 is 2.56 bits per heavy atom. The fraction of sp³-hybridized carbons (Fsp3) is 0.250. The second-order valence-corrected chi connectivity index (χ2v) is 5.63. The lowest BCUT2D eigenvalue weighted by Crippen LogP contribution is -2.11. The molecule has 2 N–H and O–H groups in total. The van der Waals surface area contributed by atoms with E-state index < -0.39 is 10.0 Å². The van der Waals surface area contributed by atoms with Crippen LogP contribution >= 0.6 is 0 Å². The Morgan fingerprint density at radius 1 is 1.22 bits per heavy atom. The summed E-state index contributed by atoms with van der Waals surface area (Å²) >= 11 is 0. The Bertz CT molecular complexity index is 605. The molecule has 1 aromatic carbocycles. The second kappa shape index (κ2) is 5.32. The lowest BCUT2D eigenvalue weighted by molar-refractivity contribution is 0.576. The number of rotatable bonds is 5. The number of aryl methyl sites for hydroxylation is 2. The van der Waals surface area contributed by atoms with Gasteiger partial charge in [0.25, 0.3) is 0 Å². The molecule has 0 radical (unpaired) electrons. The highest BCUT2D eigenvalue weighted by molar-refractivity contribution is 7.89. The summed E-state index contributed by atoms with van der Waals surface area (Å²) in [6.45, 7) is 0.671. The summed E-state index contributed by atoms with van der Waals surface area (Å²) < 4.78 is 23.7. The number of aromatic nitrogens is 2. The monoisotopic (exact) mass is 265 g/mol. The zero-order valence-corrected chi connectivity index (χ0v) is 10.7. The largest absolute Gasteiger partial charge is 0.271 e. The van der Waals surface area contributed by atoms with E-state index in [1.54, 1.807) is 4.68 Å². The highest BCUT2D eigenvalue weighted by Crippen LogP contribution is 2.07. The zero-order chi connectivity index (χ0) is 13.0. The first-order chi connectivity index (χ1) is 8.55. The number of benzene rings is 1. The van der Waals surface area contributed by atoms with Crippen LogP contribution in [0.2, 0.25) is 0 Å². The lowest BCUT2D eigenvalue weighted by Gasteiger charge is -2.01. The van der Waals surface area contributed by atoms with Crippen LogP contribution in [0.3, 0.4) is 0 Å². The Balaban J connectivity index is 1.90. The predicted octanol–water partition coefficient (Wildman–Crippen LogP) is 1.16. The molecule has 0 amide bonds. The van der Waals surface area contributed by atoms with E-state index in [9.17, 15) is 8.42 Å². The molecule has 0 unspecified atom stereocenters. The minimum atomic E-state index is -3.64. The molecular weight excluding hydrogens is 250 g/mol. The van der Waals surface area contributed by atoms with Gasteiger partial charge in [0, 0.05) is 12.7 Å². The Hall–Kier alpha value is -1.66. The molecule has 1 aromatic heterocycles. The van der Waals surface area contributed by atoms with Crippen molar-refractivity contribution in [1.29, 1.82) is 0 Å². The molecule has 0 saturated heterocycles. The van der Waals surface area contributed by atoms with Crippen molar-refractivity contribution < 1.29 is 8.42 Å². The molecule has 0 saturated carbocycles. The van der Waals surface area contributed by atoms with Crippen LogP contribution in [0, 0.1) is 0 Å². The number of nitrogens with zero attached hydrogens (tertiary/aromatic N) is 2. The maximum absolute atomic E-state index is 11.1. The molecule has 0 aliphatic rings. The summed E-state index contributed by atoms with van der Waals surface area (Å²) in [5.41, 5.74) is 1.26. The van der Waals surface area contributed by atoms with E-state index in [1.807, 2.05) is 18.2 Å². The van der Waals surface area contributed by atoms with Crippen molar-refractivity contribution in [2.75, 3.05) is 0 Å². The highest BCUT2D eigenvalue weighted by atomic mass is 32.2. The van der Waals surface area contributed by atoms with Gasteiger partial charge in [0.2, 0.25) is 10.0 Å². The van der Waals surface area contributed by atoms with Crippen molar-refractivity contribution in [3.8, 4) is 0 Å². The minimum Gasteiger partial charge on any atom is -0.271 e. The Morgan fingerprint density at radius 2 is 1.94 bits per heavy atom. The summed E-state index contributed by atoms with van der Waals surface area (Å²) in [4.78, 5) is 0.0576. The fourth-order valence-corrected chi connectivity index (χ4v) is 2.17. The smallest absolute Gasteiger partial charge is 0.241 e. The summed E-state index contributed by atoms with van der Waals surface area (Å²) in [5, 5.41) is 8.98. The summed E-state index contributed by atoms with van der Waals surface area (Å²) in [7, 11) is -3.64. The van der Waals surface area contributed by atoms with Crippen molar-refractivity contribution in [1.82, 2.24) is 9.78 Å². The van der Waals surface area contributed by atoms with Gasteiger partial charge < -0.3 is 0 Å². The summed E-state index contributed by atoms with van der Waals surface area (Å²) in [5.74, 6) is 0. The van der Waals surface area contributed by atoms with Gasteiger partial charge in [0.15, 0.2) is 0 Å². The van der Waals surface area contributed by atoms with E-state index in [1.165, 1.54) is 18.0 Å². The van der Waals surface area contributed by atoms with Gasteiger partial charge in [-0.2, -0.15) is 5.10 Å². The first kappa shape index (κ1) is 12.8. The molecule has 2 rings (SSSR count). The quantitative estimate of drug-likeness (QED) is 0.881. The predicted molar refractivity (Wildman–Crippen MR) is 68.4 cm³/mol. The number of hydrogen-bond acceptors (Lipinski definition) is 3. The van der Waals surface area contributed by atoms with E-state index in [0.717, 1.165) is 12.8 Å². The van der Waals surface area contributed by atoms with E-state index >= 15 is 0 Å². The van der Waals surface area contributed by atoms with Crippen LogP contribution in [-0.4, -0.2) is 18.2 Å². The van der Waals surface area contributed by atoms with Crippen molar-refractivity contribution in [3.63, 3.8) is 0 Å². The van der Waals surface area contributed by atoms with Gasteiger partial charge in [-0.3, -0.25) is 4.68 Å². The third kappa shape index (κ3) is 3.41. The molecule has 96 valence electrons. The van der Waals surface area contributed by atoms with Crippen molar-refractivity contribution >= 4 is 10.0 Å². The van der Waals surface area contributed by atoms with Crippen LogP contribution in [0.5, 0.6) is 0 Å². The topological polar surface area (TPSA) is 78.0 Å². The SMILES string of the molecule is NS(=O)(=O)c1cnn(CCCc2ccccc2)c1. The molecule has 0 aliphatic heterocycles. The van der Waals surface area contributed by atoms with Gasteiger partial charge in [-0.1, -0.05) is 30.3 Å². The van der Waals surface area contributed by atoms with E-state index in [-0.39, 0.29) is 4.90 Å². The van der Waals surface area contributed by atoms with E-state index in [2.05, 4.69) is 17.2 Å². The number of sulfonamides is 1. The molecular formula is C12H15N3O2S. The van der Waals surface area contributed by atoms with Crippen molar-refractivity contribution in [2.24, 2.45) is 5.14 Å². The van der Waals surface area contributed by atoms with E-state index in [0.29, 0.717) is 6.54 Å². The molecule has 0 atom stereocenters. The molecule has 0 bridgehead atoms. The fourth-order valence-electron chi connectivity index (χ4n) is 1.70. The van der Waals surface area contributed by atoms with Crippen LogP contribution in [0.1, 0.15) is 12.0 Å². The Labute approximate surface area is 106 Å².